The van der Waals surface area contributed by atoms with Crippen molar-refractivity contribution in [2.24, 2.45) is 11.7 Å². The molecular formula is C13H14ClN3O. The number of amides is 1. The molecule has 0 spiro atoms. The lowest BCUT2D eigenvalue weighted by Crippen LogP contribution is -2.34. The van der Waals surface area contributed by atoms with Crippen molar-refractivity contribution in [3.63, 3.8) is 0 Å². The maximum Gasteiger partial charge on any atom is 0.229 e. The van der Waals surface area contributed by atoms with Crippen LogP contribution < -0.4 is 11.1 Å². The molecular weight excluding hydrogens is 250 g/mol. The van der Waals surface area contributed by atoms with Gasteiger partial charge >= 0.3 is 0 Å². The number of anilines is 1. The van der Waals surface area contributed by atoms with Gasteiger partial charge in [0.2, 0.25) is 5.91 Å². The molecule has 94 valence electrons. The van der Waals surface area contributed by atoms with Crippen molar-refractivity contribution in [3.8, 4) is 6.07 Å². The van der Waals surface area contributed by atoms with Gasteiger partial charge < -0.3 is 11.1 Å². The number of nitrogens with one attached hydrogen (secondary N) is 1. The fraction of sp³-hybridized carbons (Fsp3) is 0.385. The topological polar surface area (TPSA) is 78.9 Å². The molecule has 0 saturated heterocycles. The van der Waals surface area contributed by atoms with Gasteiger partial charge in [0.05, 0.1) is 16.5 Å². The Kier molecular flexibility index (Phi) is 3.85. The summed E-state index contributed by atoms with van der Waals surface area (Å²) in [6.07, 6.45) is 2.71. The SMILES string of the molecule is N#Cc1cc(NC(=O)C2CCCC2N)ccc1Cl. The van der Waals surface area contributed by atoms with Crippen molar-refractivity contribution in [3.05, 3.63) is 28.8 Å². The first-order valence-electron chi connectivity index (χ1n) is 5.88. The Bertz CT molecular complexity index is 509. The molecule has 1 fully saturated rings. The van der Waals surface area contributed by atoms with Crippen LogP contribution in [0, 0.1) is 17.2 Å². The number of nitrogens with two attached hydrogens (primary N) is 1. The van der Waals surface area contributed by atoms with E-state index in [1.54, 1.807) is 18.2 Å². The molecule has 5 heteroatoms. The molecule has 1 aromatic rings. The minimum Gasteiger partial charge on any atom is -0.327 e. The molecule has 3 N–H and O–H groups in total. The van der Waals surface area contributed by atoms with Crippen molar-refractivity contribution >= 4 is 23.2 Å². The number of hydrogen-bond acceptors (Lipinski definition) is 3. The first-order chi connectivity index (χ1) is 8.61. The second kappa shape index (κ2) is 5.38. The summed E-state index contributed by atoms with van der Waals surface area (Å²) in [5.74, 6) is -0.211. The van der Waals surface area contributed by atoms with E-state index >= 15 is 0 Å². The van der Waals surface area contributed by atoms with Gasteiger partial charge in [0.15, 0.2) is 0 Å². The summed E-state index contributed by atoms with van der Waals surface area (Å²) in [7, 11) is 0. The molecule has 2 unspecified atom stereocenters. The normalized spacial score (nSPS) is 22.5. The maximum absolute atomic E-state index is 12.0. The van der Waals surface area contributed by atoms with E-state index in [1.165, 1.54) is 0 Å². The summed E-state index contributed by atoms with van der Waals surface area (Å²) >= 11 is 5.83. The fourth-order valence-electron chi connectivity index (χ4n) is 2.24. The molecule has 18 heavy (non-hydrogen) atoms. The highest BCUT2D eigenvalue weighted by atomic mass is 35.5. The van der Waals surface area contributed by atoms with Crippen LogP contribution in [0.3, 0.4) is 0 Å². The van der Waals surface area contributed by atoms with E-state index in [0.717, 1.165) is 19.3 Å². The lowest BCUT2D eigenvalue weighted by Gasteiger charge is -2.15. The van der Waals surface area contributed by atoms with Crippen molar-refractivity contribution in [2.75, 3.05) is 5.32 Å². The van der Waals surface area contributed by atoms with Gasteiger partial charge in [-0.25, -0.2) is 0 Å². The molecule has 0 bridgehead atoms. The van der Waals surface area contributed by atoms with Crippen LogP contribution in [0.5, 0.6) is 0 Å². The summed E-state index contributed by atoms with van der Waals surface area (Å²) in [4.78, 5) is 12.0. The van der Waals surface area contributed by atoms with E-state index in [0.29, 0.717) is 16.3 Å². The molecule has 1 aromatic carbocycles. The van der Waals surface area contributed by atoms with Crippen LogP contribution in [0.25, 0.3) is 0 Å². The molecule has 1 aliphatic rings. The second-order valence-electron chi connectivity index (χ2n) is 4.50. The Hall–Kier alpha value is -1.57. The highest BCUT2D eigenvalue weighted by molar-refractivity contribution is 6.31. The molecule has 1 saturated carbocycles. The van der Waals surface area contributed by atoms with Crippen LogP contribution in [-0.4, -0.2) is 11.9 Å². The Morgan fingerprint density at radius 2 is 2.28 bits per heavy atom. The molecule has 2 atom stereocenters. The van der Waals surface area contributed by atoms with Crippen LogP contribution in [0.2, 0.25) is 5.02 Å². The van der Waals surface area contributed by atoms with Gasteiger partial charge in [0.1, 0.15) is 6.07 Å². The summed E-state index contributed by atoms with van der Waals surface area (Å²) in [5, 5.41) is 12.0. The summed E-state index contributed by atoms with van der Waals surface area (Å²) in [6, 6.07) is 6.77. The highest BCUT2D eigenvalue weighted by Crippen LogP contribution is 2.26. The molecule has 1 aliphatic carbocycles. The average molecular weight is 264 g/mol. The van der Waals surface area contributed by atoms with E-state index in [1.807, 2.05) is 6.07 Å². The average Bonchev–Trinajstić information content (AvgIpc) is 2.78. The van der Waals surface area contributed by atoms with Crippen LogP contribution in [0.15, 0.2) is 18.2 Å². The van der Waals surface area contributed by atoms with E-state index in [9.17, 15) is 4.79 Å². The van der Waals surface area contributed by atoms with Crippen molar-refractivity contribution < 1.29 is 4.79 Å². The number of carbonyl (C=O) groups excluding carboxylic acids is 1. The molecule has 1 amide bonds. The Balaban J connectivity index is 2.10. The predicted octanol–water partition coefficient (Wildman–Crippen LogP) is 2.28. The standard InChI is InChI=1S/C13H14ClN3O/c14-11-5-4-9(6-8(11)7-15)17-13(18)10-2-1-3-12(10)16/h4-6,10,12H,1-3,16H2,(H,17,18). The Morgan fingerprint density at radius 3 is 2.89 bits per heavy atom. The molecule has 0 aliphatic heterocycles. The maximum atomic E-state index is 12.0. The number of nitriles is 1. The summed E-state index contributed by atoms with van der Waals surface area (Å²) in [6.45, 7) is 0. The van der Waals surface area contributed by atoms with Crippen molar-refractivity contribution in [1.82, 2.24) is 0 Å². The summed E-state index contributed by atoms with van der Waals surface area (Å²) in [5.41, 5.74) is 6.81. The van der Waals surface area contributed by atoms with Gasteiger partial charge in [-0.1, -0.05) is 18.0 Å². The van der Waals surface area contributed by atoms with Gasteiger partial charge in [0.25, 0.3) is 0 Å². The van der Waals surface area contributed by atoms with Gasteiger partial charge in [-0.2, -0.15) is 5.26 Å². The zero-order valence-corrected chi connectivity index (χ0v) is 10.6. The fourth-order valence-corrected chi connectivity index (χ4v) is 2.40. The van der Waals surface area contributed by atoms with Gasteiger partial charge in [-0.15, -0.1) is 0 Å². The molecule has 0 radical (unpaired) electrons. The quantitative estimate of drug-likeness (QED) is 0.859. The van der Waals surface area contributed by atoms with Crippen LogP contribution in [0.4, 0.5) is 5.69 Å². The minimum absolute atomic E-state index is 0.0623. The van der Waals surface area contributed by atoms with Gasteiger partial charge in [-0.05, 0) is 31.0 Å². The Labute approximate surface area is 111 Å². The van der Waals surface area contributed by atoms with Gasteiger partial charge in [-0.3, -0.25) is 4.79 Å². The third-order valence-corrected chi connectivity index (χ3v) is 3.59. The highest BCUT2D eigenvalue weighted by Gasteiger charge is 2.30. The number of halogens is 1. The Morgan fingerprint density at radius 1 is 1.50 bits per heavy atom. The van der Waals surface area contributed by atoms with Crippen LogP contribution >= 0.6 is 11.6 Å². The van der Waals surface area contributed by atoms with Crippen molar-refractivity contribution in [1.29, 1.82) is 5.26 Å². The minimum atomic E-state index is -0.133. The number of hydrogen-bond donors (Lipinski definition) is 2. The van der Waals surface area contributed by atoms with Crippen LogP contribution in [0.1, 0.15) is 24.8 Å². The second-order valence-corrected chi connectivity index (χ2v) is 4.90. The number of nitrogens with zero attached hydrogens (tertiary/aromatic N) is 1. The molecule has 2 rings (SSSR count). The van der Waals surface area contributed by atoms with Crippen LogP contribution in [-0.2, 0) is 4.79 Å². The molecule has 0 heterocycles. The monoisotopic (exact) mass is 263 g/mol. The smallest absolute Gasteiger partial charge is 0.229 e. The summed E-state index contributed by atoms with van der Waals surface area (Å²) < 4.78 is 0. The van der Waals surface area contributed by atoms with E-state index in [-0.39, 0.29) is 17.9 Å². The van der Waals surface area contributed by atoms with Crippen molar-refractivity contribution in [2.45, 2.75) is 25.3 Å². The molecule has 4 nitrogen and oxygen atoms in total. The first-order valence-corrected chi connectivity index (χ1v) is 6.25. The third-order valence-electron chi connectivity index (χ3n) is 3.26. The number of rotatable bonds is 2. The molecule has 0 aromatic heterocycles. The zero-order valence-electron chi connectivity index (χ0n) is 9.82. The predicted molar refractivity (Wildman–Crippen MR) is 70.1 cm³/mol. The van der Waals surface area contributed by atoms with Gasteiger partial charge in [0, 0.05) is 11.7 Å². The first kappa shape index (κ1) is 12.9. The van der Waals surface area contributed by atoms with E-state index in [2.05, 4.69) is 5.32 Å². The van der Waals surface area contributed by atoms with E-state index < -0.39 is 0 Å². The lowest BCUT2D eigenvalue weighted by molar-refractivity contribution is -0.120. The zero-order chi connectivity index (χ0) is 13.1. The lowest BCUT2D eigenvalue weighted by atomic mass is 10.0. The number of carbonyl (C=O) groups is 1. The third kappa shape index (κ3) is 2.63. The number of benzene rings is 1. The van der Waals surface area contributed by atoms with E-state index in [4.69, 9.17) is 22.6 Å². The largest absolute Gasteiger partial charge is 0.327 e.